The molecule has 8 heteroatoms. The number of hydrogen-bond acceptors (Lipinski definition) is 6. The molecule has 0 radical (unpaired) electrons. The van der Waals surface area contributed by atoms with Crippen LogP contribution in [0.4, 0.5) is 0 Å². The van der Waals surface area contributed by atoms with Gasteiger partial charge in [-0.2, -0.15) is 5.06 Å². The average molecular weight is 486 g/mol. The van der Waals surface area contributed by atoms with Gasteiger partial charge in [-0.25, -0.2) is 0 Å². The van der Waals surface area contributed by atoms with E-state index < -0.39 is 17.5 Å². The highest BCUT2D eigenvalue weighted by Gasteiger charge is 2.32. The molecular weight excluding hydrogens is 446 g/mol. The Hall–Kier alpha value is -2.74. The molecule has 2 fully saturated rings. The molecule has 2 saturated heterocycles. The maximum atomic E-state index is 13.1. The van der Waals surface area contributed by atoms with Crippen LogP contribution in [0.2, 0.25) is 0 Å². The van der Waals surface area contributed by atoms with Crippen molar-refractivity contribution in [2.45, 2.75) is 65.2 Å². The summed E-state index contributed by atoms with van der Waals surface area (Å²) in [6.07, 6.45) is 6.64. The summed E-state index contributed by atoms with van der Waals surface area (Å²) in [6, 6.07) is 6.40. The second kappa shape index (κ2) is 13.4. The highest BCUT2D eigenvalue weighted by atomic mass is 16.7. The van der Waals surface area contributed by atoms with Crippen molar-refractivity contribution in [1.82, 2.24) is 15.3 Å². The first-order valence-corrected chi connectivity index (χ1v) is 13.0. The quantitative estimate of drug-likeness (QED) is 0.293. The maximum Gasteiger partial charge on any atom is 0.252 e. The van der Waals surface area contributed by atoms with Crippen LogP contribution in [0, 0.1) is 11.8 Å². The monoisotopic (exact) mass is 485 g/mol. The number of nitrogens with one attached hydrogen (secondary N) is 1. The number of rotatable bonds is 11. The van der Waals surface area contributed by atoms with Gasteiger partial charge in [-0.3, -0.25) is 19.2 Å². The summed E-state index contributed by atoms with van der Waals surface area (Å²) >= 11 is 0. The fourth-order valence-electron chi connectivity index (χ4n) is 4.79. The summed E-state index contributed by atoms with van der Waals surface area (Å²) in [4.78, 5) is 58.1. The number of Topliss-reactive ketones (excluding diaryl/α,β-unsaturated/α-hetero) is 2. The van der Waals surface area contributed by atoms with Crippen molar-refractivity contribution in [2.75, 3.05) is 32.7 Å². The Kier molecular flexibility index (Phi) is 10.3. The van der Waals surface area contributed by atoms with Crippen LogP contribution in [0.5, 0.6) is 5.75 Å². The average Bonchev–Trinajstić information content (AvgIpc) is 2.89. The standard InChI is InChI=1S/C27H39N3O5/c1-3-4-17-30(20(2)31)35-24-9-5-7-22(18-24)26(33)27(34)23-8-6-16-29(19-23)25(32)11-10-21-12-14-28-15-13-21/h5,7,9,18,21,23,28H,3-4,6,8,10-17,19H2,1-2H3/t23-/m1/s1. The lowest BCUT2D eigenvalue weighted by Gasteiger charge is -2.32. The van der Waals surface area contributed by atoms with Gasteiger partial charge in [0.05, 0.1) is 6.54 Å². The highest BCUT2D eigenvalue weighted by Crippen LogP contribution is 2.24. The zero-order valence-electron chi connectivity index (χ0n) is 21.1. The van der Waals surface area contributed by atoms with Crippen LogP contribution in [-0.2, 0) is 14.4 Å². The predicted molar refractivity (Wildman–Crippen MR) is 133 cm³/mol. The number of unbranched alkanes of at least 4 members (excludes halogenated alkanes) is 1. The fourth-order valence-corrected chi connectivity index (χ4v) is 4.79. The second-order valence-corrected chi connectivity index (χ2v) is 9.70. The number of ketones is 2. The molecule has 3 rings (SSSR count). The Balaban J connectivity index is 1.57. The van der Waals surface area contributed by atoms with Crippen LogP contribution in [0.3, 0.4) is 0 Å². The lowest BCUT2D eigenvalue weighted by Crippen LogP contribution is -2.44. The summed E-state index contributed by atoms with van der Waals surface area (Å²) in [5.74, 6) is -0.743. The van der Waals surface area contributed by atoms with Crippen LogP contribution in [0.15, 0.2) is 24.3 Å². The molecule has 0 saturated carbocycles. The Labute approximate surface area is 208 Å². The summed E-state index contributed by atoms with van der Waals surface area (Å²) in [5, 5.41) is 4.61. The molecule has 1 aromatic carbocycles. The molecule has 35 heavy (non-hydrogen) atoms. The highest BCUT2D eigenvalue weighted by molar-refractivity contribution is 6.44. The summed E-state index contributed by atoms with van der Waals surface area (Å²) in [7, 11) is 0. The lowest BCUT2D eigenvalue weighted by atomic mass is 9.89. The third kappa shape index (κ3) is 7.88. The van der Waals surface area contributed by atoms with Crippen LogP contribution >= 0.6 is 0 Å². The number of benzene rings is 1. The molecule has 0 aliphatic carbocycles. The maximum absolute atomic E-state index is 13.1. The van der Waals surface area contributed by atoms with E-state index in [0.717, 1.165) is 51.6 Å². The Morgan fingerprint density at radius 1 is 1.14 bits per heavy atom. The zero-order valence-corrected chi connectivity index (χ0v) is 21.1. The Morgan fingerprint density at radius 2 is 1.91 bits per heavy atom. The lowest BCUT2D eigenvalue weighted by molar-refractivity contribution is -0.155. The number of likely N-dealkylation sites (tertiary alicyclic amines) is 1. The zero-order chi connectivity index (χ0) is 25.2. The summed E-state index contributed by atoms with van der Waals surface area (Å²) in [5.41, 5.74) is 0.237. The third-order valence-corrected chi connectivity index (χ3v) is 6.97. The van der Waals surface area contributed by atoms with Crippen LogP contribution in [-0.4, -0.2) is 66.1 Å². The normalized spacial score (nSPS) is 18.7. The van der Waals surface area contributed by atoms with Crippen molar-refractivity contribution >= 4 is 23.4 Å². The van der Waals surface area contributed by atoms with Crippen molar-refractivity contribution in [3.8, 4) is 5.75 Å². The number of amides is 2. The largest absolute Gasteiger partial charge is 0.377 e. The van der Waals surface area contributed by atoms with Crippen molar-refractivity contribution < 1.29 is 24.0 Å². The molecule has 2 heterocycles. The predicted octanol–water partition coefficient (Wildman–Crippen LogP) is 3.40. The molecular formula is C27H39N3O5. The molecule has 2 aliphatic heterocycles. The first kappa shape index (κ1) is 26.9. The molecule has 2 amide bonds. The fraction of sp³-hybridized carbons (Fsp3) is 0.630. The number of piperidine rings is 2. The first-order chi connectivity index (χ1) is 16.9. The SMILES string of the molecule is CCCCN(Oc1cccc(C(=O)C(=O)[C@@H]2CCCN(C(=O)CCC3CCNCC3)C2)c1)C(C)=O. The minimum atomic E-state index is -0.576. The molecule has 1 N–H and O–H groups in total. The third-order valence-electron chi connectivity index (χ3n) is 6.97. The molecule has 0 spiro atoms. The van der Waals surface area contributed by atoms with Gasteiger partial charge in [0.1, 0.15) is 0 Å². The second-order valence-electron chi connectivity index (χ2n) is 9.70. The summed E-state index contributed by atoms with van der Waals surface area (Å²) in [6.45, 7) is 6.88. The van der Waals surface area contributed by atoms with E-state index >= 15 is 0 Å². The smallest absolute Gasteiger partial charge is 0.252 e. The van der Waals surface area contributed by atoms with Crippen molar-refractivity contribution in [1.29, 1.82) is 0 Å². The number of hydrogen-bond donors (Lipinski definition) is 1. The topological polar surface area (TPSA) is 96.0 Å². The van der Waals surface area contributed by atoms with E-state index in [9.17, 15) is 19.2 Å². The van der Waals surface area contributed by atoms with Gasteiger partial charge in [-0.1, -0.05) is 25.5 Å². The number of nitrogens with zero attached hydrogens (tertiary/aromatic N) is 2. The van der Waals surface area contributed by atoms with E-state index in [1.807, 2.05) is 6.92 Å². The van der Waals surface area contributed by atoms with Crippen LogP contribution in [0.1, 0.15) is 75.6 Å². The minimum absolute atomic E-state index is 0.0836. The van der Waals surface area contributed by atoms with Gasteiger partial charge in [0.2, 0.25) is 17.5 Å². The van der Waals surface area contributed by atoms with E-state index in [1.165, 1.54) is 18.1 Å². The van der Waals surface area contributed by atoms with Crippen molar-refractivity contribution in [2.24, 2.45) is 11.8 Å². The molecule has 1 aromatic rings. The van der Waals surface area contributed by atoms with Crippen LogP contribution in [0.25, 0.3) is 0 Å². The number of hydroxylamine groups is 2. The van der Waals surface area contributed by atoms with E-state index in [2.05, 4.69) is 5.32 Å². The molecule has 2 aliphatic rings. The van der Waals surface area contributed by atoms with Gasteiger partial charge >= 0.3 is 0 Å². The van der Waals surface area contributed by atoms with Crippen molar-refractivity contribution in [3.63, 3.8) is 0 Å². The van der Waals surface area contributed by atoms with Gasteiger partial charge in [0, 0.05) is 37.9 Å². The van der Waals surface area contributed by atoms with Gasteiger partial charge in [-0.05, 0) is 69.7 Å². The molecule has 0 bridgehead atoms. The van der Waals surface area contributed by atoms with E-state index in [4.69, 9.17) is 4.84 Å². The van der Waals surface area contributed by atoms with Crippen molar-refractivity contribution in [3.05, 3.63) is 29.8 Å². The van der Waals surface area contributed by atoms with Crippen LogP contribution < -0.4 is 10.2 Å². The number of carbonyl (C=O) groups excluding carboxylic acids is 4. The Morgan fingerprint density at radius 3 is 2.63 bits per heavy atom. The Bertz CT molecular complexity index is 897. The molecule has 192 valence electrons. The van der Waals surface area contributed by atoms with Gasteiger partial charge < -0.3 is 15.1 Å². The molecule has 0 aromatic heterocycles. The number of carbonyl (C=O) groups is 4. The summed E-state index contributed by atoms with van der Waals surface area (Å²) < 4.78 is 0. The van der Waals surface area contributed by atoms with Gasteiger partial charge in [0.25, 0.3) is 5.91 Å². The van der Waals surface area contributed by atoms with E-state index in [-0.39, 0.29) is 17.4 Å². The van der Waals surface area contributed by atoms with E-state index in [1.54, 1.807) is 23.1 Å². The molecule has 8 nitrogen and oxygen atoms in total. The first-order valence-electron chi connectivity index (χ1n) is 13.0. The van der Waals surface area contributed by atoms with E-state index in [0.29, 0.717) is 44.1 Å². The minimum Gasteiger partial charge on any atom is -0.377 e. The van der Waals surface area contributed by atoms with Gasteiger partial charge in [0.15, 0.2) is 5.75 Å². The molecule has 1 atom stereocenters. The molecule has 0 unspecified atom stereocenters. The van der Waals surface area contributed by atoms with Gasteiger partial charge in [-0.15, -0.1) is 0 Å².